The summed E-state index contributed by atoms with van der Waals surface area (Å²) in [4.78, 5) is 3.76. The van der Waals surface area contributed by atoms with Crippen LogP contribution in [-0.2, 0) is 19.3 Å². The highest BCUT2D eigenvalue weighted by Gasteiger charge is 2.33. The number of aromatic nitrogens is 1. The molecule has 21 heavy (non-hydrogen) atoms. The number of hydrogen-bond donors (Lipinski definition) is 2. The van der Waals surface area contributed by atoms with E-state index in [1.54, 1.807) is 18.2 Å². The fourth-order valence-electron chi connectivity index (χ4n) is 1.82. The number of nitrogens with zero attached hydrogens (tertiary/aromatic N) is 1. The van der Waals surface area contributed by atoms with Gasteiger partial charge in [0.05, 0.1) is 35.1 Å². The molecule has 0 spiro atoms. The third kappa shape index (κ3) is 3.86. The van der Waals surface area contributed by atoms with Gasteiger partial charge in [0.15, 0.2) is 0 Å². The molecule has 0 saturated carbocycles. The summed E-state index contributed by atoms with van der Waals surface area (Å²) in [7, 11) is 0. The van der Waals surface area contributed by atoms with Crippen molar-refractivity contribution in [3.05, 3.63) is 58.4 Å². The topological polar surface area (TPSA) is 45.1 Å². The van der Waals surface area contributed by atoms with Gasteiger partial charge in [0.25, 0.3) is 0 Å². The van der Waals surface area contributed by atoms with Gasteiger partial charge in [-0.2, -0.15) is 13.2 Å². The second-order valence-corrected chi connectivity index (χ2v) is 4.73. The normalized spacial score (nSPS) is 11.5. The van der Waals surface area contributed by atoms with Crippen molar-refractivity contribution in [3.8, 4) is 0 Å². The highest BCUT2D eigenvalue weighted by molar-refractivity contribution is 6.33. The maximum absolute atomic E-state index is 12.8. The third-order valence-electron chi connectivity index (χ3n) is 2.86. The molecule has 1 heterocycles. The van der Waals surface area contributed by atoms with Gasteiger partial charge in [-0.05, 0) is 29.8 Å². The van der Waals surface area contributed by atoms with E-state index in [1.165, 1.54) is 12.3 Å². The highest BCUT2D eigenvalue weighted by atomic mass is 35.5. The van der Waals surface area contributed by atoms with E-state index < -0.39 is 11.7 Å². The number of benzene rings is 1. The molecule has 1 aromatic heterocycles. The Kier molecular flexibility index (Phi) is 4.69. The van der Waals surface area contributed by atoms with Gasteiger partial charge in [-0.1, -0.05) is 17.7 Å². The second kappa shape index (κ2) is 6.32. The Bertz CT molecular complexity index is 632. The number of halogens is 4. The van der Waals surface area contributed by atoms with Gasteiger partial charge in [0.1, 0.15) is 0 Å². The van der Waals surface area contributed by atoms with E-state index in [9.17, 15) is 13.2 Å². The van der Waals surface area contributed by atoms with E-state index in [-0.39, 0.29) is 18.8 Å². The monoisotopic (exact) mass is 316 g/mol. The van der Waals surface area contributed by atoms with Crippen LogP contribution in [-0.4, -0.2) is 10.1 Å². The average molecular weight is 317 g/mol. The first-order valence-electron chi connectivity index (χ1n) is 6.06. The number of nitrogens with one attached hydrogen (secondary N) is 1. The van der Waals surface area contributed by atoms with E-state index >= 15 is 0 Å². The molecule has 0 unspecified atom stereocenters. The van der Waals surface area contributed by atoms with Crippen molar-refractivity contribution in [3.63, 3.8) is 0 Å². The summed E-state index contributed by atoms with van der Waals surface area (Å²) in [5.74, 6) is 0. The fraction of sp³-hybridized carbons (Fsp3) is 0.214. The van der Waals surface area contributed by atoms with E-state index in [0.29, 0.717) is 16.3 Å². The molecule has 0 aliphatic heterocycles. The van der Waals surface area contributed by atoms with Crippen molar-refractivity contribution < 1.29 is 18.3 Å². The quantitative estimate of drug-likeness (QED) is 0.900. The summed E-state index contributed by atoms with van der Waals surface area (Å²) in [6.45, 7) is -0.298. The zero-order chi connectivity index (χ0) is 15.5. The molecule has 0 aliphatic rings. The van der Waals surface area contributed by atoms with Gasteiger partial charge in [0.2, 0.25) is 0 Å². The number of pyridine rings is 1. The lowest BCUT2D eigenvalue weighted by molar-refractivity contribution is -0.138. The van der Waals surface area contributed by atoms with Gasteiger partial charge in [0, 0.05) is 6.20 Å². The number of aliphatic hydroxyl groups is 1. The van der Waals surface area contributed by atoms with E-state index in [0.717, 1.165) is 6.07 Å². The van der Waals surface area contributed by atoms with Gasteiger partial charge < -0.3 is 10.4 Å². The molecule has 2 N–H and O–H groups in total. The molecule has 0 amide bonds. The van der Waals surface area contributed by atoms with Crippen LogP contribution in [0.5, 0.6) is 0 Å². The molecule has 0 radical (unpaired) electrons. The maximum Gasteiger partial charge on any atom is 0.418 e. The van der Waals surface area contributed by atoms with Crippen LogP contribution in [0.15, 0.2) is 36.5 Å². The minimum absolute atomic E-state index is 0.115. The Morgan fingerprint density at radius 2 is 2.00 bits per heavy atom. The Morgan fingerprint density at radius 3 is 2.67 bits per heavy atom. The van der Waals surface area contributed by atoms with Crippen LogP contribution in [0.3, 0.4) is 0 Å². The van der Waals surface area contributed by atoms with Crippen LogP contribution < -0.4 is 5.32 Å². The van der Waals surface area contributed by atoms with Crippen molar-refractivity contribution >= 4 is 17.3 Å². The highest BCUT2D eigenvalue weighted by Crippen LogP contribution is 2.31. The average Bonchev–Trinajstić information content (AvgIpc) is 2.46. The van der Waals surface area contributed by atoms with E-state index in [4.69, 9.17) is 16.7 Å². The smallest absolute Gasteiger partial charge is 0.392 e. The molecule has 0 fully saturated rings. The SMILES string of the molecule is OCc1ccc(Cl)c(NCc2ncccc2C(F)(F)F)c1. The number of aliphatic hydroxyl groups excluding tert-OH is 1. The van der Waals surface area contributed by atoms with Gasteiger partial charge in [-0.3, -0.25) is 4.98 Å². The Hall–Kier alpha value is -1.79. The molecule has 2 rings (SSSR count). The van der Waals surface area contributed by atoms with Crippen LogP contribution >= 0.6 is 11.6 Å². The lowest BCUT2D eigenvalue weighted by Gasteiger charge is -2.14. The summed E-state index contributed by atoms with van der Waals surface area (Å²) in [6.07, 6.45) is -3.15. The standard InChI is InChI=1S/C14H12ClF3N2O/c15-11-4-3-9(8-21)6-12(11)20-7-13-10(14(16,17)18)2-1-5-19-13/h1-6,20-21H,7-8H2. The Morgan fingerprint density at radius 1 is 1.24 bits per heavy atom. The lowest BCUT2D eigenvalue weighted by atomic mass is 10.1. The van der Waals surface area contributed by atoms with Crippen molar-refractivity contribution in [1.82, 2.24) is 4.98 Å². The molecule has 2 aromatic rings. The van der Waals surface area contributed by atoms with Gasteiger partial charge in [-0.25, -0.2) is 0 Å². The van der Waals surface area contributed by atoms with Crippen LogP contribution in [0.4, 0.5) is 18.9 Å². The number of alkyl halides is 3. The molecule has 0 aliphatic carbocycles. The summed E-state index contributed by atoms with van der Waals surface area (Å²) in [5, 5.41) is 12.2. The molecule has 1 aromatic carbocycles. The van der Waals surface area contributed by atoms with E-state index in [2.05, 4.69) is 10.3 Å². The number of rotatable bonds is 4. The molecule has 0 atom stereocenters. The molecule has 0 saturated heterocycles. The van der Waals surface area contributed by atoms with Gasteiger partial charge in [-0.15, -0.1) is 0 Å². The number of hydrogen-bond acceptors (Lipinski definition) is 3. The predicted molar refractivity (Wildman–Crippen MR) is 73.9 cm³/mol. The molecule has 0 bridgehead atoms. The van der Waals surface area contributed by atoms with Crippen molar-refractivity contribution in [1.29, 1.82) is 0 Å². The van der Waals surface area contributed by atoms with Crippen LogP contribution in [0.2, 0.25) is 5.02 Å². The first-order valence-corrected chi connectivity index (χ1v) is 6.44. The van der Waals surface area contributed by atoms with Crippen LogP contribution in [0.25, 0.3) is 0 Å². The number of anilines is 1. The predicted octanol–water partition coefficient (Wildman–Crippen LogP) is 3.86. The maximum atomic E-state index is 12.8. The summed E-state index contributed by atoms with van der Waals surface area (Å²) in [5.41, 5.74) is 0.156. The van der Waals surface area contributed by atoms with Crippen molar-refractivity contribution in [2.75, 3.05) is 5.32 Å². The largest absolute Gasteiger partial charge is 0.418 e. The fourth-order valence-corrected chi connectivity index (χ4v) is 2.01. The zero-order valence-electron chi connectivity index (χ0n) is 10.8. The molecule has 3 nitrogen and oxygen atoms in total. The first-order chi connectivity index (χ1) is 9.91. The summed E-state index contributed by atoms with van der Waals surface area (Å²) >= 11 is 5.96. The Balaban J connectivity index is 2.21. The minimum Gasteiger partial charge on any atom is -0.392 e. The lowest BCUT2D eigenvalue weighted by Crippen LogP contribution is -2.13. The van der Waals surface area contributed by atoms with Crippen molar-refractivity contribution in [2.24, 2.45) is 0 Å². The first kappa shape index (κ1) is 15.6. The van der Waals surface area contributed by atoms with Crippen molar-refractivity contribution in [2.45, 2.75) is 19.3 Å². The van der Waals surface area contributed by atoms with Crippen LogP contribution in [0.1, 0.15) is 16.8 Å². The molecule has 7 heteroatoms. The Labute approximate surface area is 124 Å². The molecule has 112 valence electrons. The van der Waals surface area contributed by atoms with E-state index in [1.807, 2.05) is 0 Å². The second-order valence-electron chi connectivity index (χ2n) is 4.32. The van der Waals surface area contributed by atoms with Gasteiger partial charge >= 0.3 is 6.18 Å². The third-order valence-corrected chi connectivity index (χ3v) is 3.18. The van der Waals surface area contributed by atoms with Crippen LogP contribution in [0, 0.1) is 0 Å². The molecular weight excluding hydrogens is 305 g/mol. The zero-order valence-corrected chi connectivity index (χ0v) is 11.5. The minimum atomic E-state index is -4.46. The summed E-state index contributed by atoms with van der Waals surface area (Å²) < 4.78 is 38.5. The summed E-state index contributed by atoms with van der Waals surface area (Å²) in [6, 6.07) is 7.01. The molecular formula is C14H12ClF3N2O.